The first-order valence-electron chi connectivity index (χ1n) is 8.46. The van der Waals surface area contributed by atoms with Crippen LogP contribution in [0.2, 0.25) is 0 Å². The summed E-state index contributed by atoms with van der Waals surface area (Å²) >= 11 is 0. The molecule has 0 radical (unpaired) electrons. The summed E-state index contributed by atoms with van der Waals surface area (Å²) in [5.74, 6) is -1.40. The lowest BCUT2D eigenvalue weighted by molar-refractivity contribution is -0.146. The van der Waals surface area contributed by atoms with Gasteiger partial charge in [0.1, 0.15) is 0 Å². The quantitative estimate of drug-likeness (QED) is 0.613. The second-order valence-corrected chi connectivity index (χ2v) is 6.37. The Labute approximate surface area is 149 Å². The molecule has 0 bridgehead atoms. The zero-order chi connectivity index (χ0) is 19.1. The number of alkyl halides is 3. The maximum absolute atomic E-state index is 13.4. The molecule has 0 atom stereocenters. The van der Waals surface area contributed by atoms with Crippen molar-refractivity contribution in [3.05, 3.63) is 53.1 Å². The number of carbonyl (C=O) groups excluding carboxylic acids is 1. The number of benzene rings is 1. The summed E-state index contributed by atoms with van der Waals surface area (Å²) in [6.45, 7) is 6.13. The zero-order valence-corrected chi connectivity index (χ0v) is 14.9. The van der Waals surface area contributed by atoms with Crippen LogP contribution in [0.25, 0.3) is 11.0 Å². The number of para-hydroxylation sites is 2. The van der Waals surface area contributed by atoms with Gasteiger partial charge in [-0.05, 0) is 38.5 Å². The first-order valence-corrected chi connectivity index (χ1v) is 8.46. The summed E-state index contributed by atoms with van der Waals surface area (Å²) in [6.07, 6.45) is -3.72. The van der Waals surface area contributed by atoms with Gasteiger partial charge in [0.15, 0.2) is 5.78 Å². The van der Waals surface area contributed by atoms with E-state index >= 15 is 0 Å². The van der Waals surface area contributed by atoms with E-state index in [4.69, 9.17) is 0 Å². The van der Waals surface area contributed by atoms with Crippen molar-refractivity contribution in [3.63, 3.8) is 0 Å². The van der Waals surface area contributed by atoms with Gasteiger partial charge in [-0.2, -0.15) is 13.2 Å². The van der Waals surface area contributed by atoms with Gasteiger partial charge in [0.2, 0.25) is 5.82 Å². The van der Waals surface area contributed by atoms with Crippen molar-refractivity contribution in [2.24, 2.45) is 0 Å². The predicted octanol–water partition coefficient (Wildman–Crippen LogP) is 4.77. The Morgan fingerprint density at radius 2 is 1.85 bits per heavy atom. The third-order valence-electron chi connectivity index (χ3n) is 4.53. The Bertz CT molecular complexity index is 966. The standard InChI is InChI=1S/C19H20F3N3O/c1-4-9-24-12(2)10-14(13(24)3)17(26)11-25-16-8-6-5-7-15(16)23-18(25)19(20,21)22/h5-8,10H,4,9,11H2,1-3H3. The van der Waals surface area contributed by atoms with Crippen molar-refractivity contribution < 1.29 is 18.0 Å². The molecule has 2 aromatic heterocycles. The number of Topliss-reactive ketones (excluding diaryl/α,β-unsaturated/α-hetero) is 1. The number of imidazole rings is 1. The van der Waals surface area contributed by atoms with Crippen molar-refractivity contribution in [2.75, 3.05) is 0 Å². The summed E-state index contributed by atoms with van der Waals surface area (Å²) in [7, 11) is 0. The fourth-order valence-electron chi connectivity index (χ4n) is 3.33. The van der Waals surface area contributed by atoms with E-state index in [1.165, 1.54) is 6.07 Å². The Hall–Kier alpha value is -2.57. The molecule has 0 unspecified atom stereocenters. The monoisotopic (exact) mass is 363 g/mol. The van der Waals surface area contributed by atoms with E-state index in [0.29, 0.717) is 11.1 Å². The Kier molecular flexibility index (Phi) is 4.64. The summed E-state index contributed by atoms with van der Waals surface area (Å²) in [4.78, 5) is 16.5. The minimum absolute atomic E-state index is 0.226. The van der Waals surface area contributed by atoms with Crippen LogP contribution in [0, 0.1) is 13.8 Å². The predicted molar refractivity (Wildman–Crippen MR) is 93.3 cm³/mol. The van der Waals surface area contributed by atoms with Crippen LogP contribution in [0.3, 0.4) is 0 Å². The smallest absolute Gasteiger partial charge is 0.348 e. The maximum atomic E-state index is 13.4. The average Bonchev–Trinajstić information content (AvgIpc) is 3.08. The first kappa shape index (κ1) is 18.2. The van der Waals surface area contributed by atoms with E-state index in [1.807, 2.05) is 25.3 Å². The number of rotatable bonds is 5. The molecule has 3 aromatic rings. The zero-order valence-electron chi connectivity index (χ0n) is 14.9. The van der Waals surface area contributed by atoms with Gasteiger partial charge in [0.05, 0.1) is 17.6 Å². The molecule has 4 nitrogen and oxygen atoms in total. The number of aromatic nitrogens is 3. The molecular weight excluding hydrogens is 343 g/mol. The summed E-state index contributed by atoms with van der Waals surface area (Å²) in [6, 6.07) is 8.07. The number of fused-ring (bicyclic) bond motifs is 1. The van der Waals surface area contributed by atoms with Gasteiger partial charge in [-0.15, -0.1) is 0 Å². The number of carbonyl (C=O) groups is 1. The fraction of sp³-hybridized carbons (Fsp3) is 0.368. The largest absolute Gasteiger partial charge is 0.449 e. The van der Waals surface area contributed by atoms with E-state index in [9.17, 15) is 18.0 Å². The topological polar surface area (TPSA) is 39.8 Å². The molecule has 0 saturated heterocycles. The van der Waals surface area contributed by atoms with Crippen molar-refractivity contribution in [1.29, 1.82) is 0 Å². The van der Waals surface area contributed by atoms with E-state index in [-0.39, 0.29) is 11.3 Å². The van der Waals surface area contributed by atoms with Crippen LogP contribution in [-0.4, -0.2) is 19.9 Å². The highest BCUT2D eigenvalue weighted by Crippen LogP contribution is 2.32. The number of hydrogen-bond donors (Lipinski definition) is 0. The van der Waals surface area contributed by atoms with Crippen LogP contribution in [0.1, 0.15) is 40.9 Å². The van der Waals surface area contributed by atoms with E-state index in [2.05, 4.69) is 4.98 Å². The SMILES string of the molecule is CCCn1c(C)cc(C(=O)Cn2c(C(F)(F)F)nc3ccccc32)c1C. The van der Waals surface area contributed by atoms with Crippen LogP contribution in [0.15, 0.2) is 30.3 Å². The van der Waals surface area contributed by atoms with Crippen molar-refractivity contribution >= 4 is 16.8 Å². The summed E-state index contributed by atoms with van der Waals surface area (Å²) < 4.78 is 43.1. The van der Waals surface area contributed by atoms with Crippen LogP contribution < -0.4 is 0 Å². The van der Waals surface area contributed by atoms with Crippen LogP contribution >= 0.6 is 0 Å². The van der Waals surface area contributed by atoms with Gasteiger partial charge in [-0.25, -0.2) is 4.98 Å². The Morgan fingerprint density at radius 1 is 1.15 bits per heavy atom. The van der Waals surface area contributed by atoms with Crippen molar-refractivity contribution in [1.82, 2.24) is 14.1 Å². The minimum Gasteiger partial charge on any atom is -0.348 e. The van der Waals surface area contributed by atoms with Crippen LogP contribution in [0.4, 0.5) is 13.2 Å². The second kappa shape index (κ2) is 6.63. The van der Waals surface area contributed by atoms with Crippen molar-refractivity contribution in [3.8, 4) is 0 Å². The molecule has 26 heavy (non-hydrogen) atoms. The van der Waals surface area contributed by atoms with Gasteiger partial charge in [0.25, 0.3) is 0 Å². The van der Waals surface area contributed by atoms with Gasteiger partial charge < -0.3 is 9.13 Å². The number of nitrogens with zero attached hydrogens (tertiary/aromatic N) is 3. The molecule has 3 rings (SSSR count). The lowest BCUT2D eigenvalue weighted by Crippen LogP contribution is -2.19. The first-order chi connectivity index (χ1) is 12.2. The van der Waals surface area contributed by atoms with Gasteiger partial charge >= 0.3 is 6.18 Å². The number of halogens is 3. The number of aryl methyl sites for hydroxylation is 1. The normalized spacial score (nSPS) is 12.1. The van der Waals surface area contributed by atoms with Crippen molar-refractivity contribution in [2.45, 2.75) is 46.5 Å². The van der Waals surface area contributed by atoms with E-state index < -0.39 is 18.5 Å². The molecule has 0 amide bonds. The lowest BCUT2D eigenvalue weighted by Gasteiger charge is -2.11. The van der Waals surface area contributed by atoms with E-state index in [1.54, 1.807) is 24.3 Å². The minimum atomic E-state index is -4.63. The molecule has 7 heteroatoms. The van der Waals surface area contributed by atoms with Crippen LogP contribution in [0.5, 0.6) is 0 Å². The van der Waals surface area contributed by atoms with Crippen LogP contribution in [-0.2, 0) is 19.3 Å². The molecular formula is C19H20F3N3O. The second-order valence-electron chi connectivity index (χ2n) is 6.37. The maximum Gasteiger partial charge on any atom is 0.449 e. The highest BCUT2D eigenvalue weighted by atomic mass is 19.4. The Morgan fingerprint density at radius 3 is 2.50 bits per heavy atom. The molecule has 1 aromatic carbocycles. The van der Waals surface area contributed by atoms with Gasteiger partial charge in [-0.3, -0.25) is 4.79 Å². The molecule has 0 spiro atoms. The summed E-state index contributed by atoms with van der Waals surface area (Å²) in [5.41, 5.74) is 2.70. The molecule has 0 aliphatic carbocycles. The number of hydrogen-bond acceptors (Lipinski definition) is 2. The Balaban J connectivity index is 2.04. The highest BCUT2D eigenvalue weighted by molar-refractivity contribution is 5.98. The molecule has 138 valence electrons. The third-order valence-corrected chi connectivity index (χ3v) is 4.53. The lowest BCUT2D eigenvalue weighted by atomic mass is 10.1. The number of ketones is 1. The highest BCUT2D eigenvalue weighted by Gasteiger charge is 2.38. The van der Waals surface area contributed by atoms with Gasteiger partial charge in [0, 0.05) is 23.5 Å². The summed E-state index contributed by atoms with van der Waals surface area (Å²) in [5, 5.41) is 0. The molecule has 0 aliphatic rings. The third kappa shape index (κ3) is 3.13. The van der Waals surface area contributed by atoms with Gasteiger partial charge in [-0.1, -0.05) is 19.1 Å². The molecule has 0 saturated carbocycles. The average molecular weight is 363 g/mol. The molecule has 2 heterocycles. The van der Waals surface area contributed by atoms with E-state index in [0.717, 1.165) is 28.9 Å². The molecule has 0 fully saturated rings. The molecule has 0 N–H and O–H groups in total. The molecule has 0 aliphatic heterocycles. The fourth-order valence-corrected chi connectivity index (χ4v) is 3.33.